The van der Waals surface area contributed by atoms with E-state index in [2.05, 4.69) is 9.97 Å². The molecule has 2 N–H and O–H groups in total. The van der Waals surface area contributed by atoms with Gasteiger partial charge in [-0.3, -0.25) is 10.1 Å². The standard InChI is InChI=1S/C10H7ClN4O3/c11-6-2-1-3-7(4-6)18-10-8(15(16)17)9(12)13-5-14-10/h1-5H,(H2,12,13,14). The van der Waals surface area contributed by atoms with Gasteiger partial charge >= 0.3 is 11.6 Å². The van der Waals surface area contributed by atoms with E-state index in [0.29, 0.717) is 10.8 Å². The third kappa shape index (κ3) is 2.46. The van der Waals surface area contributed by atoms with Crippen LogP contribution >= 0.6 is 11.6 Å². The van der Waals surface area contributed by atoms with Crippen LogP contribution in [0.15, 0.2) is 30.6 Å². The summed E-state index contributed by atoms with van der Waals surface area (Å²) >= 11 is 5.77. The van der Waals surface area contributed by atoms with Gasteiger partial charge in [0.2, 0.25) is 5.82 Å². The summed E-state index contributed by atoms with van der Waals surface area (Å²) in [5.74, 6) is -0.162. The van der Waals surface area contributed by atoms with Crippen molar-refractivity contribution < 1.29 is 9.66 Å². The lowest BCUT2D eigenvalue weighted by molar-refractivity contribution is -0.385. The fraction of sp³-hybridized carbons (Fsp3) is 0. The lowest BCUT2D eigenvalue weighted by Gasteiger charge is -2.05. The zero-order valence-corrected chi connectivity index (χ0v) is 9.66. The van der Waals surface area contributed by atoms with Crippen molar-refractivity contribution in [1.29, 1.82) is 0 Å². The summed E-state index contributed by atoms with van der Waals surface area (Å²) in [5.41, 5.74) is 4.93. The van der Waals surface area contributed by atoms with E-state index in [1.807, 2.05) is 0 Å². The van der Waals surface area contributed by atoms with E-state index in [-0.39, 0.29) is 11.7 Å². The number of rotatable bonds is 3. The molecule has 0 fully saturated rings. The highest BCUT2D eigenvalue weighted by atomic mass is 35.5. The van der Waals surface area contributed by atoms with E-state index >= 15 is 0 Å². The van der Waals surface area contributed by atoms with Gasteiger partial charge in [0.25, 0.3) is 0 Å². The van der Waals surface area contributed by atoms with Crippen molar-refractivity contribution in [2.45, 2.75) is 0 Å². The average Bonchev–Trinajstić information content (AvgIpc) is 2.28. The van der Waals surface area contributed by atoms with Crippen LogP contribution in [0.2, 0.25) is 5.02 Å². The third-order valence-corrected chi connectivity index (χ3v) is 2.25. The summed E-state index contributed by atoms with van der Waals surface area (Å²) in [6.45, 7) is 0. The molecule has 0 saturated heterocycles. The average molecular weight is 267 g/mol. The SMILES string of the molecule is Nc1ncnc(Oc2cccc(Cl)c2)c1[N+](=O)[O-]. The molecule has 0 saturated carbocycles. The summed E-state index contributed by atoms with van der Waals surface area (Å²) in [6.07, 6.45) is 1.09. The predicted molar refractivity (Wildman–Crippen MR) is 64.6 cm³/mol. The molecule has 8 heteroatoms. The van der Waals surface area contributed by atoms with Gasteiger partial charge in [-0.15, -0.1) is 0 Å². The molecule has 1 aromatic carbocycles. The number of benzene rings is 1. The molecule has 0 unspecified atom stereocenters. The molecule has 0 aliphatic heterocycles. The summed E-state index contributed by atoms with van der Waals surface area (Å²) < 4.78 is 5.28. The number of nitrogen functional groups attached to an aromatic ring is 1. The molecule has 0 bridgehead atoms. The van der Waals surface area contributed by atoms with Crippen LogP contribution in [0, 0.1) is 10.1 Å². The second-order valence-electron chi connectivity index (χ2n) is 3.23. The van der Waals surface area contributed by atoms with Crippen molar-refractivity contribution in [2.75, 3.05) is 5.73 Å². The molecule has 0 spiro atoms. The number of nitrogens with two attached hydrogens (primary N) is 1. The van der Waals surface area contributed by atoms with Crippen molar-refractivity contribution in [3.63, 3.8) is 0 Å². The van der Waals surface area contributed by atoms with Gasteiger partial charge in [-0.2, -0.15) is 4.98 Å². The predicted octanol–water partition coefficient (Wildman–Crippen LogP) is 2.41. The summed E-state index contributed by atoms with van der Waals surface area (Å²) in [7, 11) is 0. The van der Waals surface area contributed by atoms with Crippen molar-refractivity contribution in [2.24, 2.45) is 0 Å². The van der Waals surface area contributed by atoms with E-state index in [1.165, 1.54) is 6.07 Å². The number of hydrogen-bond donors (Lipinski definition) is 1. The smallest absolute Gasteiger partial charge is 0.372 e. The lowest BCUT2D eigenvalue weighted by atomic mass is 10.3. The molecule has 92 valence electrons. The molecule has 18 heavy (non-hydrogen) atoms. The monoisotopic (exact) mass is 266 g/mol. The molecular weight excluding hydrogens is 260 g/mol. The van der Waals surface area contributed by atoms with Crippen LogP contribution in [0.1, 0.15) is 0 Å². The van der Waals surface area contributed by atoms with Crippen LogP contribution in [0.3, 0.4) is 0 Å². The van der Waals surface area contributed by atoms with Crippen LogP contribution in [-0.2, 0) is 0 Å². The van der Waals surface area contributed by atoms with Gasteiger partial charge in [0.05, 0.1) is 4.92 Å². The minimum atomic E-state index is -0.699. The van der Waals surface area contributed by atoms with Crippen molar-refractivity contribution in [3.8, 4) is 11.6 Å². The highest BCUT2D eigenvalue weighted by Gasteiger charge is 2.22. The normalized spacial score (nSPS) is 10.1. The number of ether oxygens (including phenoxy) is 1. The molecular formula is C10H7ClN4O3. The first-order chi connectivity index (χ1) is 8.58. The third-order valence-electron chi connectivity index (χ3n) is 2.01. The quantitative estimate of drug-likeness (QED) is 0.676. The molecule has 2 aromatic rings. The van der Waals surface area contributed by atoms with Gasteiger partial charge in [-0.05, 0) is 18.2 Å². The molecule has 2 rings (SSSR count). The molecule has 0 amide bonds. The Kier molecular flexibility index (Phi) is 3.24. The fourth-order valence-electron chi connectivity index (χ4n) is 1.26. The number of aromatic nitrogens is 2. The zero-order valence-electron chi connectivity index (χ0n) is 8.91. The second kappa shape index (κ2) is 4.84. The van der Waals surface area contributed by atoms with E-state index < -0.39 is 10.6 Å². The maximum absolute atomic E-state index is 10.8. The molecule has 1 heterocycles. The van der Waals surface area contributed by atoms with Gasteiger partial charge < -0.3 is 10.5 Å². The van der Waals surface area contributed by atoms with Gasteiger partial charge in [0.15, 0.2) is 0 Å². The van der Waals surface area contributed by atoms with E-state index in [0.717, 1.165) is 6.33 Å². The highest BCUT2D eigenvalue weighted by Crippen LogP contribution is 2.32. The first kappa shape index (κ1) is 12.1. The topological polar surface area (TPSA) is 104 Å². The second-order valence-corrected chi connectivity index (χ2v) is 3.67. The number of anilines is 1. The molecule has 7 nitrogen and oxygen atoms in total. The zero-order chi connectivity index (χ0) is 13.1. The fourth-order valence-corrected chi connectivity index (χ4v) is 1.44. The Morgan fingerprint density at radius 3 is 2.83 bits per heavy atom. The van der Waals surface area contributed by atoms with Gasteiger partial charge in [-0.1, -0.05) is 17.7 Å². The van der Waals surface area contributed by atoms with Crippen molar-refractivity contribution in [3.05, 3.63) is 45.7 Å². The van der Waals surface area contributed by atoms with Crippen molar-refractivity contribution >= 4 is 23.1 Å². The molecule has 1 aromatic heterocycles. The first-order valence-electron chi connectivity index (χ1n) is 4.76. The van der Waals surface area contributed by atoms with Gasteiger partial charge in [0.1, 0.15) is 12.1 Å². The van der Waals surface area contributed by atoms with Crippen LogP contribution in [-0.4, -0.2) is 14.9 Å². The maximum Gasteiger partial charge on any atom is 0.372 e. The van der Waals surface area contributed by atoms with Crippen molar-refractivity contribution in [1.82, 2.24) is 9.97 Å². The molecule has 0 atom stereocenters. The largest absolute Gasteiger partial charge is 0.433 e. The Labute approximate surface area is 106 Å². The van der Waals surface area contributed by atoms with Gasteiger partial charge in [-0.25, -0.2) is 4.98 Å². The number of hydrogen-bond acceptors (Lipinski definition) is 6. The Balaban J connectivity index is 2.40. The molecule has 0 radical (unpaired) electrons. The highest BCUT2D eigenvalue weighted by molar-refractivity contribution is 6.30. The van der Waals surface area contributed by atoms with E-state index in [9.17, 15) is 10.1 Å². The van der Waals surface area contributed by atoms with E-state index in [1.54, 1.807) is 18.2 Å². The maximum atomic E-state index is 10.8. The van der Waals surface area contributed by atoms with Crippen LogP contribution in [0.25, 0.3) is 0 Å². The molecule has 0 aliphatic rings. The molecule has 0 aliphatic carbocycles. The summed E-state index contributed by atoms with van der Waals surface area (Å²) in [5, 5.41) is 11.3. The lowest BCUT2D eigenvalue weighted by Crippen LogP contribution is -2.02. The Morgan fingerprint density at radius 1 is 1.39 bits per heavy atom. The number of nitrogens with zero attached hydrogens (tertiary/aromatic N) is 3. The van der Waals surface area contributed by atoms with Crippen LogP contribution in [0.4, 0.5) is 11.5 Å². The van der Waals surface area contributed by atoms with Crippen LogP contribution in [0.5, 0.6) is 11.6 Å². The Hall–Kier alpha value is -2.41. The first-order valence-corrected chi connectivity index (χ1v) is 5.14. The summed E-state index contributed by atoms with van der Waals surface area (Å²) in [4.78, 5) is 17.4. The van der Waals surface area contributed by atoms with Gasteiger partial charge in [0, 0.05) is 5.02 Å². The number of halogens is 1. The van der Waals surface area contributed by atoms with E-state index in [4.69, 9.17) is 22.1 Å². The Bertz CT molecular complexity index is 605. The number of nitro groups is 1. The Morgan fingerprint density at radius 2 is 2.17 bits per heavy atom. The minimum absolute atomic E-state index is 0.227. The minimum Gasteiger partial charge on any atom is -0.433 e. The van der Waals surface area contributed by atoms with Crippen LogP contribution < -0.4 is 10.5 Å². The summed E-state index contributed by atoms with van der Waals surface area (Å²) in [6, 6.07) is 6.39.